The number of piperidine rings is 1. The number of pyridine rings is 1. The Morgan fingerprint density at radius 1 is 1.24 bits per heavy atom. The van der Waals surface area contributed by atoms with Crippen molar-refractivity contribution in [3.63, 3.8) is 0 Å². The van der Waals surface area contributed by atoms with E-state index in [1.165, 1.54) is 32.5 Å². The zero-order valence-corrected chi connectivity index (χ0v) is 13.9. The number of amides is 1. The van der Waals surface area contributed by atoms with E-state index in [9.17, 15) is 4.79 Å². The summed E-state index contributed by atoms with van der Waals surface area (Å²) in [6.07, 6.45) is 6.66. The molecular weight excluding hydrogens is 330 g/mol. The van der Waals surface area contributed by atoms with Crippen molar-refractivity contribution >= 4 is 21.8 Å². The van der Waals surface area contributed by atoms with Crippen LogP contribution in [0.5, 0.6) is 0 Å². The standard InChI is InChI=1S/C16H22BrN3O/c17-15-11-14(3-6-18-15)16(21)20-9-4-13(5-10-20)12-19-7-1-2-8-19/h3,6,11,13H,1-2,4-5,7-10,12H2. The lowest BCUT2D eigenvalue weighted by atomic mass is 9.96. The maximum atomic E-state index is 12.5. The van der Waals surface area contributed by atoms with Gasteiger partial charge in [0.2, 0.25) is 0 Å². The Morgan fingerprint density at radius 3 is 2.62 bits per heavy atom. The molecule has 3 rings (SSSR count). The average Bonchev–Trinajstić information content (AvgIpc) is 3.00. The van der Waals surface area contributed by atoms with Gasteiger partial charge in [0.05, 0.1) is 0 Å². The highest BCUT2D eigenvalue weighted by molar-refractivity contribution is 9.10. The van der Waals surface area contributed by atoms with Gasteiger partial charge in [0.15, 0.2) is 0 Å². The van der Waals surface area contributed by atoms with Crippen LogP contribution in [0.3, 0.4) is 0 Å². The topological polar surface area (TPSA) is 36.4 Å². The molecule has 0 atom stereocenters. The van der Waals surface area contributed by atoms with E-state index in [2.05, 4.69) is 25.8 Å². The lowest BCUT2D eigenvalue weighted by molar-refractivity contribution is 0.0673. The number of halogens is 1. The van der Waals surface area contributed by atoms with Gasteiger partial charge >= 0.3 is 0 Å². The van der Waals surface area contributed by atoms with E-state index in [4.69, 9.17) is 0 Å². The maximum absolute atomic E-state index is 12.5. The third-order valence-corrected chi connectivity index (χ3v) is 5.02. The number of aromatic nitrogens is 1. The molecule has 2 aliphatic heterocycles. The Balaban J connectivity index is 1.52. The number of carbonyl (C=O) groups is 1. The minimum atomic E-state index is 0.137. The normalized spacial score (nSPS) is 20.9. The van der Waals surface area contributed by atoms with Gasteiger partial charge in [0.25, 0.3) is 5.91 Å². The second kappa shape index (κ2) is 6.88. The molecule has 2 saturated heterocycles. The van der Waals surface area contributed by atoms with Gasteiger partial charge in [-0.2, -0.15) is 0 Å². The fourth-order valence-electron chi connectivity index (χ4n) is 3.37. The quantitative estimate of drug-likeness (QED) is 0.785. The van der Waals surface area contributed by atoms with Crippen LogP contribution in [0.1, 0.15) is 36.0 Å². The molecule has 0 aromatic carbocycles. The van der Waals surface area contributed by atoms with E-state index in [0.717, 1.165) is 42.0 Å². The Bertz CT molecular complexity index is 494. The highest BCUT2D eigenvalue weighted by Gasteiger charge is 2.25. The third kappa shape index (κ3) is 3.83. The molecule has 0 saturated carbocycles. The SMILES string of the molecule is O=C(c1ccnc(Br)c1)N1CCC(CN2CCCC2)CC1. The summed E-state index contributed by atoms with van der Waals surface area (Å²) in [5.74, 6) is 0.897. The summed E-state index contributed by atoms with van der Waals surface area (Å²) in [5, 5.41) is 0. The molecule has 21 heavy (non-hydrogen) atoms. The maximum Gasteiger partial charge on any atom is 0.254 e. The fraction of sp³-hybridized carbons (Fsp3) is 0.625. The summed E-state index contributed by atoms with van der Waals surface area (Å²) in [6.45, 7) is 5.53. The lowest BCUT2D eigenvalue weighted by Gasteiger charge is -2.34. The van der Waals surface area contributed by atoms with Crippen molar-refractivity contribution in [2.45, 2.75) is 25.7 Å². The van der Waals surface area contributed by atoms with Gasteiger partial charge in [0, 0.05) is 31.4 Å². The first kappa shape index (κ1) is 15.0. The number of hydrogen-bond donors (Lipinski definition) is 0. The van der Waals surface area contributed by atoms with Crippen LogP contribution in [0.4, 0.5) is 0 Å². The first-order valence-electron chi connectivity index (χ1n) is 7.85. The molecule has 4 nitrogen and oxygen atoms in total. The molecule has 0 spiro atoms. The summed E-state index contributed by atoms with van der Waals surface area (Å²) in [5.41, 5.74) is 0.731. The summed E-state index contributed by atoms with van der Waals surface area (Å²) < 4.78 is 0.720. The fourth-order valence-corrected chi connectivity index (χ4v) is 3.73. The van der Waals surface area contributed by atoms with Crippen molar-refractivity contribution in [2.24, 2.45) is 5.92 Å². The lowest BCUT2D eigenvalue weighted by Crippen LogP contribution is -2.41. The van der Waals surface area contributed by atoms with Crippen molar-refractivity contribution in [3.05, 3.63) is 28.5 Å². The minimum Gasteiger partial charge on any atom is -0.339 e. The van der Waals surface area contributed by atoms with Crippen molar-refractivity contribution in [2.75, 3.05) is 32.7 Å². The van der Waals surface area contributed by atoms with Gasteiger partial charge in [-0.25, -0.2) is 4.98 Å². The predicted molar refractivity (Wildman–Crippen MR) is 86.2 cm³/mol. The first-order chi connectivity index (χ1) is 10.2. The monoisotopic (exact) mass is 351 g/mol. The highest BCUT2D eigenvalue weighted by Crippen LogP contribution is 2.22. The second-order valence-electron chi connectivity index (χ2n) is 6.11. The van der Waals surface area contributed by atoms with Crippen LogP contribution in [0, 0.1) is 5.92 Å². The van der Waals surface area contributed by atoms with Crippen LogP contribution in [0.25, 0.3) is 0 Å². The molecular formula is C16H22BrN3O. The summed E-state index contributed by atoms with van der Waals surface area (Å²) in [7, 11) is 0. The second-order valence-corrected chi connectivity index (χ2v) is 6.92. The largest absolute Gasteiger partial charge is 0.339 e. The molecule has 114 valence electrons. The number of rotatable bonds is 3. The molecule has 1 aromatic rings. The Morgan fingerprint density at radius 2 is 1.95 bits per heavy atom. The molecule has 1 aromatic heterocycles. The average molecular weight is 352 g/mol. The third-order valence-electron chi connectivity index (χ3n) is 4.59. The van der Waals surface area contributed by atoms with Crippen molar-refractivity contribution in [1.82, 2.24) is 14.8 Å². The number of nitrogens with zero attached hydrogens (tertiary/aromatic N) is 3. The van der Waals surface area contributed by atoms with Gasteiger partial charge in [-0.3, -0.25) is 4.79 Å². The van der Waals surface area contributed by atoms with Crippen LogP contribution in [0.15, 0.2) is 22.9 Å². The van der Waals surface area contributed by atoms with E-state index in [1.54, 1.807) is 18.3 Å². The molecule has 5 heteroatoms. The number of hydrogen-bond acceptors (Lipinski definition) is 3. The van der Waals surface area contributed by atoms with Gasteiger partial charge < -0.3 is 9.80 Å². The number of likely N-dealkylation sites (tertiary alicyclic amines) is 2. The van der Waals surface area contributed by atoms with E-state index in [1.807, 2.05) is 4.90 Å². The van der Waals surface area contributed by atoms with Crippen LogP contribution in [-0.2, 0) is 0 Å². The summed E-state index contributed by atoms with van der Waals surface area (Å²) in [6, 6.07) is 3.60. The van der Waals surface area contributed by atoms with Crippen LogP contribution < -0.4 is 0 Å². The predicted octanol–water partition coefficient (Wildman–Crippen LogP) is 2.79. The zero-order valence-electron chi connectivity index (χ0n) is 12.3. The van der Waals surface area contributed by atoms with E-state index in [-0.39, 0.29) is 5.91 Å². The van der Waals surface area contributed by atoms with Crippen LogP contribution in [-0.4, -0.2) is 53.4 Å². The molecule has 0 unspecified atom stereocenters. The van der Waals surface area contributed by atoms with Crippen molar-refractivity contribution < 1.29 is 4.79 Å². The van der Waals surface area contributed by atoms with Gasteiger partial charge in [-0.05, 0) is 72.8 Å². The highest BCUT2D eigenvalue weighted by atomic mass is 79.9. The van der Waals surface area contributed by atoms with Crippen molar-refractivity contribution in [3.8, 4) is 0 Å². The van der Waals surface area contributed by atoms with Crippen LogP contribution >= 0.6 is 15.9 Å². The smallest absolute Gasteiger partial charge is 0.254 e. The summed E-state index contributed by atoms with van der Waals surface area (Å²) in [4.78, 5) is 21.1. The molecule has 0 bridgehead atoms. The molecule has 0 aliphatic carbocycles. The van der Waals surface area contributed by atoms with E-state index in [0.29, 0.717) is 0 Å². The van der Waals surface area contributed by atoms with E-state index >= 15 is 0 Å². The van der Waals surface area contributed by atoms with Gasteiger partial charge in [-0.15, -0.1) is 0 Å². The zero-order chi connectivity index (χ0) is 14.7. The Kier molecular flexibility index (Phi) is 4.91. The number of carbonyl (C=O) groups excluding carboxylic acids is 1. The van der Waals surface area contributed by atoms with Crippen molar-refractivity contribution in [1.29, 1.82) is 0 Å². The Labute approximate surface area is 134 Å². The minimum absolute atomic E-state index is 0.137. The first-order valence-corrected chi connectivity index (χ1v) is 8.65. The Hall–Kier alpha value is -0.940. The molecule has 3 heterocycles. The molecule has 1 amide bonds. The van der Waals surface area contributed by atoms with Gasteiger partial charge in [0.1, 0.15) is 4.60 Å². The van der Waals surface area contributed by atoms with Crippen LogP contribution in [0.2, 0.25) is 0 Å². The van der Waals surface area contributed by atoms with E-state index < -0.39 is 0 Å². The van der Waals surface area contributed by atoms with Gasteiger partial charge in [-0.1, -0.05) is 0 Å². The molecule has 2 fully saturated rings. The molecule has 0 N–H and O–H groups in total. The molecule has 2 aliphatic rings. The molecule has 0 radical (unpaired) electrons. The summed E-state index contributed by atoms with van der Waals surface area (Å²) >= 11 is 3.33.